The second-order valence-corrected chi connectivity index (χ2v) is 7.99. The smallest absolute Gasteiger partial charge is 0.335 e. The van der Waals surface area contributed by atoms with Gasteiger partial charge in [-0.25, -0.2) is 4.79 Å². The van der Waals surface area contributed by atoms with E-state index < -0.39 is 5.97 Å². The van der Waals surface area contributed by atoms with Gasteiger partial charge in [-0.2, -0.15) is 0 Å². The first kappa shape index (κ1) is 18.2. The molecule has 0 aliphatic carbocycles. The van der Waals surface area contributed by atoms with Crippen LogP contribution in [0.2, 0.25) is 0 Å². The van der Waals surface area contributed by atoms with Crippen molar-refractivity contribution < 1.29 is 14.6 Å². The summed E-state index contributed by atoms with van der Waals surface area (Å²) in [5.41, 5.74) is 3.77. The second kappa shape index (κ2) is 7.21. The van der Waals surface area contributed by atoms with Crippen molar-refractivity contribution in [1.29, 1.82) is 0 Å². The number of carbonyl (C=O) groups is 1. The highest BCUT2D eigenvalue weighted by atomic mass is 16.5. The average molecular weight is 391 g/mol. The summed E-state index contributed by atoms with van der Waals surface area (Å²) in [7, 11) is 0. The summed E-state index contributed by atoms with van der Waals surface area (Å²) >= 11 is 0. The molecule has 3 heterocycles. The van der Waals surface area contributed by atoms with Gasteiger partial charge in [0, 0.05) is 42.8 Å². The van der Waals surface area contributed by atoms with Crippen molar-refractivity contribution in [2.75, 3.05) is 32.8 Å². The largest absolute Gasteiger partial charge is 0.492 e. The third-order valence-corrected chi connectivity index (χ3v) is 6.24. The van der Waals surface area contributed by atoms with E-state index in [9.17, 15) is 9.90 Å². The molecule has 0 unspecified atom stereocenters. The highest BCUT2D eigenvalue weighted by Crippen LogP contribution is 2.39. The molecule has 1 saturated heterocycles. The van der Waals surface area contributed by atoms with E-state index in [-0.39, 0.29) is 5.54 Å². The molecule has 2 aromatic carbocycles. The zero-order chi connectivity index (χ0) is 19.8. The van der Waals surface area contributed by atoms with Crippen LogP contribution in [0.4, 0.5) is 0 Å². The molecule has 1 atom stereocenters. The van der Waals surface area contributed by atoms with E-state index in [2.05, 4.69) is 15.2 Å². The van der Waals surface area contributed by atoms with Crippen LogP contribution >= 0.6 is 0 Å². The van der Waals surface area contributed by atoms with Crippen LogP contribution in [0.5, 0.6) is 5.75 Å². The number of para-hydroxylation sites is 1. The fourth-order valence-electron chi connectivity index (χ4n) is 4.80. The molecule has 2 aliphatic heterocycles. The van der Waals surface area contributed by atoms with Crippen molar-refractivity contribution in [3.05, 3.63) is 65.4 Å². The van der Waals surface area contributed by atoms with E-state index in [1.807, 2.05) is 42.5 Å². The van der Waals surface area contributed by atoms with Crippen molar-refractivity contribution in [2.24, 2.45) is 0 Å². The van der Waals surface area contributed by atoms with E-state index in [0.717, 1.165) is 55.7 Å². The Morgan fingerprint density at radius 2 is 2.07 bits per heavy atom. The van der Waals surface area contributed by atoms with Crippen LogP contribution in [0.15, 0.2) is 48.5 Å². The Morgan fingerprint density at radius 3 is 2.90 bits per heavy atom. The van der Waals surface area contributed by atoms with Crippen LogP contribution in [-0.2, 0) is 12.0 Å². The van der Waals surface area contributed by atoms with Gasteiger partial charge in [0.15, 0.2) is 0 Å². The zero-order valence-electron chi connectivity index (χ0n) is 16.3. The predicted molar refractivity (Wildman–Crippen MR) is 112 cm³/mol. The summed E-state index contributed by atoms with van der Waals surface area (Å²) in [6, 6.07) is 15.3. The summed E-state index contributed by atoms with van der Waals surface area (Å²) in [5.74, 6) is 0.0281. The summed E-state index contributed by atoms with van der Waals surface area (Å²) in [4.78, 5) is 17.4. The molecule has 6 nitrogen and oxygen atoms in total. The molecule has 3 N–H and O–H groups in total. The van der Waals surface area contributed by atoms with Crippen LogP contribution in [0.1, 0.15) is 28.0 Å². The number of aromatic carboxylic acids is 1. The molecular formula is C23H25N3O3. The van der Waals surface area contributed by atoms with E-state index in [4.69, 9.17) is 4.74 Å². The number of fused-ring (bicyclic) bond motifs is 4. The number of H-pyrrole nitrogens is 1. The fraction of sp³-hybridized carbons (Fsp3) is 0.348. The Balaban J connectivity index is 1.34. The van der Waals surface area contributed by atoms with Crippen LogP contribution in [-0.4, -0.2) is 53.7 Å². The zero-order valence-corrected chi connectivity index (χ0v) is 16.3. The second-order valence-electron chi connectivity index (χ2n) is 7.99. The molecular weight excluding hydrogens is 366 g/mol. The molecule has 1 fully saturated rings. The van der Waals surface area contributed by atoms with Gasteiger partial charge in [-0.05, 0) is 48.7 Å². The summed E-state index contributed by atoms with van der Waals surface area (Å²) < 4.78 is 5.87. The van der Waals surface area contributed by atoms with Crippen LogP contribution in [0.3, 0.4) is 0 Å². The summed E-state index contributed by atoms with van der Waals surface area (Å²) in [5, 5.41) is 14.2. The highest BCUT2D eigenvalue weighted by molar-refractivity contribution is 5.95. The van der Waals surface area contributed by atoms with Crippen molar-refractivity contribution in [3.8, 4) is 5.75 Å². The fourth-order valence-corrected chi connectivity index (χ4v) is 4.80. The monoisotopic (exact) mass is 391 g/mol. The van der Waals surface area contributed by atoms with E-state index >= 15 is 0 Å². The van der Waals surface area contributed by atoms with Gasteiger partial charge in [0.1, 0.15) is 12.4 Å². The lowest BCUT2D eigenvalue weighted by atomic mass is 9.86. The number of likely N-dealkylation sites (tertiary alicyclic amines) is 1. The minimum Gasteiger partial charge on any atom is -0.492 e. The number of carboxylic acid groups (broad SMARTS) is 1. The maximum Gasteiger partial charge on any atom is 0.335 e. The predicted octanol–water partition coefficient (Wildman–Crippen LogP) is 2.99. The summed E-state index contributed by atoms with van der Waals surface area (Å²) in [6.45, 7) is 4.40. The molecule has 1 spiro atoms. The van der Waals surface area contributed by atoms with Crippen molar-refractivity contribution in [3.63, 3.8) is 0 Å². The van der Waals surface area contributed by atoms with E-state index in [1.54, 1.807) is 6.07 Å². The number of benzene rings is 2. The third kappa shape index (κ3) is 3.28. The molecule has 0 amide bonds. The third-order valence-electron chi connectivity index (χ3n) is 6.24. The van der Waals surface area contributed by atoms with Gasteiger partial charge in [-0.1, -0.05) is 18.2 Å². The van der Waals surface area contributed by atoms with Gasteiger partial charge >= 0.3 is 5.97 Å². The first-order chi connectivity index (χ1) is 14.1. The molecule has 29 heavy (non-hydrogen) atoms. The Morgan fingerprint density at radius 1 is 1.21 bits per heavy atom. The van der Waals surface area contributed by atoms with Crippen LogP contribution in [0.25, 0.3) is 10.9 Å². The molecule has 5 rings (SSSR count). The van der Waals surface area contributed by atoms with Gasteiger partial charge in [0.05, 0.1) is 11.1 Å². The van der Waals surface area contributed by atoms with Gasteiger partial charge in [0.25, 0.3) is 0 Å². The molecule has 0 radical (unpaired) electrons. The van der Waals surface area contributed by atoms with Crippen LogP contribution < -0.4 is 10.1 Å². The topological polar surface area (TPSA) is 77.6 Å². The average Bonchev–Trinajstić information content (AvgIpc) is 3.31. The molecule has 1 aromatic heterocycles. The molecule has 0 saturated carbocycles. The minimum atomic E-state index is -0.879. The molecule has 3 aromatic rings. The Labute approximate surface area is 169 Å². The number of nitrogens with one attached hydrogen (secondary N) is 2. The first-order valence-electron chi connectivity index (χ1n) is 10.2. The van der Waals surface area contributed by atoms with Crippen LogP contribution in [0, 0.1) is 0 Å². The molecule has 0 bridgehead atoms. The number of nitrogens with zero attached hydrogens (tertiary/aromatic N) is 1. The van der Waals surface area contributed by atoms with Crippen molar-refractivity contribution >= 4 is 16.9 Å². The number of hydrogen-bond acceptors (Lipinski definition) is 4. The van der Waals surface area contributed by atoms with E-state index in [0.29, 0.717) is 12.2 Å². The maximum atomic E-state index is 11.4. The van der Waals surface area contributed by atoms with Gasteiger partial charge in [-0.15, -0.1) is 0 Å². The maximum absolute atomic E-state index is 11.4. The standard InChI is InChI=1S/C23H25N3O3/c27-22(28)16-6-7-20-19(14-16)18-8-10-24-23(21(18)25-20)9-11-26(15-23)12-13-29-17-4-2-1-3-5-17/h1-7,14,24-25H,8-13,15H2,(H,27,28)/t23-/m1/s1. The number of aromatic nitrogens is 1. The van der Waals surface area contributed by atoms with Gasteiger partial charge < -0.3 is 20.1 Å². The normalized spacial score (nSPS) is 21.5. The van der Waals surface area contributed by atoms with Crippen molar-refractivity contribution in [1.82, 2.24) is 15.2 Å². The Hall–Kier alpha value is -2.83. The Kier molecular flexibility index (Phi) is 4.53. The summed E-state index contributed by atoms with van der Waals surface area (Å²) in [6.07, 6.45) is 1.95. The van der Waals surface area contributed by atoms with Gasteiger partial charge in [0.2, 0.25) is 0 Å². The molecule has 6 heteroatoms. The number of ether oxygens (including phenoxy) is 1. The molecule has 150 valence electrons. The van der Waals surface area contributed by atoms with Crippen molar-refractivity contribution in [2.45, 2.75) is 18.4 Å². The van der Waals surface area contributed by atoms with E-state index in [1.165, 1.54) is 11.3 Å². The number of rotatable bonds is 5. The lowest BCUT2D eigenvalue weighted by Gasteiger charge is -2.35. The van der Waals surface area contributed by atoms with Gasteiger partial charge in [-0.3, -0.25) is 4.90 Å². The first-order valence-corrected chi connectivity index (χ1v) is 10.2. The number of hydrogen-bond donors (Lipinski definition) is 3. The SMILES string of the molecule is O=C(O)c1ccc2[nH]c3c(c2c1)CCN[C@@]31CCN(CCOc2ccccc2)C1. The minimum absolute atomic E-state index is 0.0945. The lowest BCUT2D eigenvalue weighted by molar-refractivity contribution is 0.0697. The number of aromatic amines is 1. The Bertz CT molecular complexity index is 1050. The highest BCUT2D eigenvalue weighted by Gasteiger charge is 2.43. The quantitative estimate of drug-likeness (QED) is 0.623. The molecule has 2 aliphatic rings. The number of carboxylic acids is 1. The lowest BCUT2D eigenvalue weighted by Crippen LogP contribution is -2.49.